The Morgan fingerprint density at radius 1 is 1.00 bits per heavy atom. The van der Waals surface area contributed by atoms with Crippen LogP contribution in [0.3, 0.4) is 0 Å². The highest BCUT2D eigenvalue weighted by Gasteiger charge is 2.35. The molecule has 2 aliphatic heterocycles. The van der Waals surface area contributed by atoms with Crippen LogP contribution in [0, 0.1) is 0 Å². The third kappa shape index (κ3) is 3.75. The van der Waals surface area contributed by atoms with Gasteiger partial charge in [-0.15, -0.1) is 0 Å². The summed E-state index contributed by atoms with van der Waals surface area (Å²) in [6, 6.07) is 8.10. The van der Waals surface area contributed by atoms with Crippen LogP contribution in [0.5, 0.6) is 5.75 Å². The summed E-state index contributed by atoms with van der Waals surface area (Å²) in [7, 11) is 0. The Kier molecular flexibility index (Phi) is 5.61. The second-order valence-corrected chi connectivity index (χ2v) is 6.93. The van der Waals surface area contributed by atoms with Gasteiger partial charge in [0.05, 0.1) is 18.0 Å². The van der Waals surface area contributed by atoms with Crippen molar-refractivity contribution in [2.45, 2.75) is 39.5 Å². The molecule has 6 nitrogen and oxygen atoms in total. The fourth-order valence-electron chi connectivity index (χ4n) is 3.64. The number of para-hydroxylation sites is 2. The van der Waals surface area contributed by atoms with E-state index in [0.29, 0.717) is 0 Å². The molecule has 0 bridgehead atoms. The van der Waals surface area contributed by atoms with Crippen LogP contribution in [0.25, 0.3) is 0 Å². The number of nitrogens with zero attached hydrogens (tertiary/aromatic N) is 3. The van der Waals surface area contributed by atoms with Crippen molar-refractivity contribution in [2.75, 3.05) is 31.1 Å². The van der Waals surface area contributed by atoms with Crippen LogP contribution >= 0.6 is 0 Å². The number of anilines is 1. The Morgan fingerprint density at radius 3 is 2.19 bits per heavy atom. The lowest BCUT2D eigenvalue weighted by Gasteiger charge is -2.42. The summed E-state index contributed by atoms with van der Waals surface area (Å²) in [5.41, 5.74) is 1.10. The predicted octanol–water partition coefficient (Wildman–Crippen LogP) is 2.26. The molecule has 140 valence electrons. The number of imide groups is 1. The molecule has 26 heavy (non-hydrogen) atoms. The highest BCUT2D eigenvalue weighted by molar-refractivity contribution is 6.13. The van der Waals surface area contributed by atoms with Crippen LogP contribution in [0.2, 0.25) is 0 Å². The summed E-state index contributed by atoms with van der Waals surface area (Å²) in [6.07, 6.45) is 3.41. The highest BCUT2D eigenvalue weighted by atomic mass is 16.5. The first-order valence-corrected chi connectivity index (χ1v) is 9.31. The molecule has 0 spiro atoms. The smallest absolute Gasteiger partial charge is 0.254 e. The van der Waals surface area contributed by atoms with Gasteiger partial charge in [0, 0.05) is 38.3 Å². The summed E-state index contributed by atoms with van der Waals surface area (Å²) in [4.78, 5) is 30.0. The Bertz CT molecular complexity index is 675. The van der Waals surface area contributed by atoms with Gasteiger partial charge in [-0.05, 0) is 32.4 Å². The first-order chi connectivity index (χ1) is 12.5. The van der Waals surface area contributed by atoms with Crippen molar-refractivity contribution in [3.05, 3.63) is 36.4 Å². The molecule has 3 rings (SSSR count). The van der Waals surface area contributed by atoms with Gasteiger partial charge in [0.1, 0.15) is 5.75 Å². The minimum absolute atomic E-state index is 0.126. The Hall–Kier alpha value is -2.34. The van der Waals surface area contributed by atoms with E-state index in [4.69, 9.17) is 4.74 Å². The maximum Gasteiger partial charge on any atom is 0.254 e. The Morgan fingerprint density at radius 2 is 1.62 bits per heavy atom. The van der Waals surface area contributed by atoms with Crippen molar-refractivity contribution in [3.63, 3.8) is 0 Å². The SMILES string of the molecule is CCC(N1CCN(c2ccccc2OC(C)C)CC1)N1C(=O)C=CC1=O. The van der Waals surface area contributed by atoms with Crippen molar-refractivity contribution in [1.82, 2.24) is 9.80 Å². The molecule has 6 heteroatoms. The van der Waals surface area contributed by atoms with Crippen LogP contribution < -0.4 is 9.64 Å². The Balaban J connectivity index is 1.68. The zero-order chi connectivity index (χ0) is 18.7. The molecule has 1 fully saturated rings. The van der Waals surface area contributed by atoms with Crippen molar-refractivity contribution in [2.24, 2.45) is 0 Å². The molecule has 2 aliphatic rings. The van der Waals surface area contributed by atoms with Crippen molar-refractivity contribution < 1.29 is 14.3 Å². The molecular weight excluding hydrogens is 330 g/mol. The largest absolute Gasteiger partial charge is 0.489 e. The maximum absolute atomic E-state index is 12.0. The molecule has 0 aromatic heterocycles. The van der Waals surface area contributed by atoms with Crippen molar-refractivity contribution in [3.8, 4) is 5.75 Å². The van der Waals surface area contributed by atoms with E-state index in [1.54, 1.807) is 0 Å². The minimum atomic E-state index is -0.208. The first-order valence-electron chi connectivity index (χ1n) is 9.31. The van der Waals surface area contributed by atoms with E-state index in [0.717, 1.165) is 44.0 Å². The fourth-order valence-corrected chi connectivity index (χ4v) is 3.64. The predicted molar refractivity (Wildman–Crippen MR) is 101 cm³/mol. The minimum Gasteiger partial charge on any atom is -0.489 e. The van der Waals surface area contributed by atoms with E-state index in [1.165, 1.54) is 17.1 Å². The lowest BCUT2D eigenvalue weighted by atomic mass is 10.2. The van der Waals surface area contributed by atoms with Gasteiger partial charge in [0.2, 0.25) is 0 Å². The lowest BCUT2D eigenvalue weighted by molar-refractivity contribution is -0.144. The van der Waals surface area contributed by atoms with Crippen molar-refractivity contribution >= 4 is 17.5 Å². The molecule has 1 atom stereocenters. The molecule has 0 saturated carbocycles. The van der Waals surface area contributed by atoms with Gasteiger partial charge >= 0.3 is 0 Å². The van der Waals surface area contributed by atoms with Gasteiger partial charge in [0.25, 0.3) is 11.8 Å². The molecule has 0 radical (unpaired) electrons. The molecule has 1 aromatic carbocycles. The van der Waals surface area contributed by atoms with E-state index in [9.17, 15) is 9.59 Å². The maximum atomic E-state index is 12.0. The van der Waals surface area contributed by atoms with Crippen LogP contribution in [0.4, 0.5) is 5.69 Å². The van der Waals surface area contributed by atoms with Gasteiger partial charge < -0.3 is 9.64 Å². The number of carbonyl (C=O) groups is 2. The van der Waals surface area contributed by atoms with E-state index in [1.807, 2.05) is 39.0 Å². The van der Waals surface area contributed by atoms with E-state index < -0.39 is 0 Å². The summed E-state index contributed by atoms with van der Waals surface area (Å²) in [5.74, 6) is 0.483. The van der Waals surface area contributed by atoms with Gasteiger partial charge in [-0.1, -0.05) is 19.1 Å². The Labute approximate surface area is 155 Å². The molecule has 0 N–H and O–H groups in total. The molecule has 1 aromatic rings. The molecule has 2 heterocycles. The zero-order valence-electron chi connectivity index (χ0n) is 15.7. The van der Waals surface area contributed by atoms with Gasteiger partial charge in [-0.2, -0.15) is 0 Å². The summed E-state index contributed by atoms with van der Waals surface area (Å²) < 4.78 is 5.94. The van der Waals surface area contributed by atoms with Crippen LogP contribution in [0.15, 0.2) is 36.4 Å². The third-order valence-electron chi connectivity index (χ3n) is 4.81. The van der Waals surface area contributed by atoms with Gasteiger partial charge in [-0.3, -0.25) is 19.4 Å². The second kappa shape index (κ2) is 7.91. The number of hydrogen-bond acceptors (Lipinski definition) is 5. The number of amides is 2. The third-order valence-corrected chi connectivity index (χ3v) is 4.81. The standard InChI is InChI=1S/C20H27N3O3/c1-4-18(23-19(24)9-10-20(23)25)22-13-11-21(12-14-22)16-7-5-6-8-17(16)26-15(2)3/h5-10,15,18H,4,11-14H2,1-3H3. The molecule has 0 aliphatic carbocycles. The van der Waals surface area contributed by atoms with Crippen molar-refractivity contribution in [1.29, 1.82) is 0 Å². The van der Waals surface area contributed by atoms with Crippen LogP contribution in [-0.4, -0.2) is 60.1 Å². The number of ether oxygens (including phenoxy) is 1. The zero-order valence-corrected chi connectivity index (χ0v) is 15.7. The number of piperazine rings is 1. The molecule has 1 unspecified atom stereocenters. The highest BCUT2D eigenvalue weighted by Crippen LogP contribution is 2.30. The van der Waals surface area contributed by atoms with Gasteiger partial charge in [-0.25, -0.2) is 0 Å². The second-order valence-electron chi connectivity index (χ2n) is 6.93. The number of benzene rings is 1. The number of carbonyl (C=O) groups excluding carboxylic acids is 2. The normalized spacial score (nSPS) is 19.5. The molecule has 1 saturated heterocycles. The average molecular weight is 357 g/mol. The summed E-state index contributed by atoms with van der Waals surface area (Å²) in [6.45, 7) is 9.33. The number of rotatable bonds is 6. The molecule has 2 amide bonds. The lowest BCUT2D eigenvalue weighted by Crippen LogP contribution is -2.57. The van der Waals surface area contributed by atoms with E-state index >= 15 is 0 Å². The molecular formula is C20H27N3O3. The fraction of sp³-hybridized carbons (Fsp3) is 0.500. The average Bonchev–Trinajstić information content (AvgIpc) is 2.96. The van der Waals surface area contributed by atoms with Crippen LogP contribution in [0.1, 0.15) is 27.2 Å². The summed E-state index contributed by atoms with van der Waals surface area (Å²) >= 11 is 0. The van der Waals surface area contributed by atoms with E-state index in [2.05, 4.69) is 15.9 Å². The first kappa shape index (κ1) is 18.5. The van der Waals surface area contributed by atoms with E-state index in [-0.39, 0.29) is 24.1 Å². The van der Waals surface area contributed by atoms with Crippen LogP contribution in [-0.2, 0) is 9.59 Å². The summed E-state index contributed by atoms with van der Waals surface area (Å²) in [5, 5.41) is 0. The van der Waals surface area contributed by atoms with Gasteiger partial charge in [0.15, 0.2) is 0 Å². The topological polar surface area (TPSA) is 53.1 Å². The quantitative estimate of drug-likeness (QED) is 0.731. The number of hydrogen-bond donors (Lipinski definition) is 0. The monoisotopic (exact) mass is 357 g/mol.